The van der Waals surface area contributed by atoms with Crippen molar-refractivity contribution < 1.29 is 4.84 Å². The van der Waals surface area contributed by atoms with E-state index in [0.717, 1.165) is 13.2 Å². The largest absolute Gasteiger partial charge is 0.307 e. The van der Waals surface area contributed by atoms with Crippen LogP contribution in [0.2, 0.25) is 12.1 Å². The van der Waals surface area contributed by atoms with Crippen molar-refractivity contribution in [3.05, 3.63) is 0 Å². The van der Waals surface area contributed by atoms with Crippen molar-refractivity contribution in [3.63, 3.8) is 0 Å². The van der Waals surface area contributed by atoms with E-state index in [9.17, 15) is 0 Å². The van der Waals surface area contributed by atoms with Crippen molar-refractivity contribution in [2.75, 3.05) is 13.2 Å². The van der Waals surface area contributed by atoms with Crippen LogP contribution in [0.25, 0.3) is 0 Å². The molecular weight excluding hydrogens is 178 g/mol. The Morgan fingerprint density at radius 3 is 2.08 bits per heavy atom. The number of hydrogen-bond acceptors (Lipinski definition) is 2. The molecule has 0 atom stereocenters. The highest BCUT2D eigenvalue weighted by Crippen LogP contribution is 2.06. The van der Waals surface area contributed by atoms with Gasteiger partial charge in [-0.1, -0.05) is 34.1 Å². The molecule has 0 fully saturated rings. The molecule has 0 amide bonds. The second-order valence-corrected chi connectivity index (χ2v) is 6.91. The summed E-state index contributed by atoms with van der Waals surface area (Å²) in [6.07, 6.45) is 2.41. The molecule has 80 valence electrons. The van der Waals surface area contributed by atoms with Gasteiger partial charge in [0.25, 0.3) is 0 Å². The van der Waals surface area contributed by atoms with Gasteiger partial charge in [0.1, 0.15) is 8.96 Å². The molecule has 0 aliphatic rings. The molecule has 0 bridgehead atoms. The summed E-state index contributed by atoms with van der Waals surface area (Å²) in [4.78, 5) is 5.77. The maximum atomic E-state index is 5.77. The molecule has 0 N–H and O–H groups in total. The van der Waals surface area contributed by atoms with Crippen LogP contribution < -0.4 is 0 Å². The molecule has 0 radical (unpaired) electrons. The highest BCUT2D eigenvalue weighted by atomic mass is 28.3. The minimum atomic E-state index is -0.739. The summed E-state index contributed by atoms with van der Waals surface area (Å²) in [5.74, 6) is 0. The van der Waals surface area contributed by atoms with Crippen LogP contribution in [0.15, 0.2) is 0 Å². The summed E-state index contributed by atoms with van der Waals surface area (Å²) in [5.41, 5.74) is 0. The van der Waals surface area contributed by atoms with E-state index in [0.29, 0.717) is 0 Å². The second-order valence-electron chi connectivity index (χ2n) is 3.39. The number of rotatable bonds is 8. The van der Waals surface area contributed by atoms with Gasteiger partial charge < -0.3 is 4.84 Å². The van der Waals surface area contributed by atoms with Gasteiger partial charge in [-0.25, -0.2) is 4.73 Å². The fraction of sp³-hybridized carbons (Fsp3) is 1.00. The fourth-order valence-electron chi connectivity index (χ4n) is 1.48. The molecule has 13 heavy (non-hydrogen) atoms. The predicted octanol–water partition coefficient (Wildman–Crippen LogP) is 2.80. The maximum absolute atomic E-state index is 5.77. The number of hydrogen-bond donors (Lipinski definition) is 0. The Morgan fingerprint density at radius 1 is 1.08 bits per heavy atom. The van der Waals surface area contributed by atoms with E-state index < -0.39 is 8.96 Å². The van der Waals surface area contributed by atoms with Crippen LogP contribution >= 0.6 is 0 Å². The maximum Gasteiger partial charge on any atom is 0.144 e. The molecule has 2 nitrogen and oxygen atoms in total. The molecule has 0 aliphatic heterocycles. The van der Waals surface area contributed by atoms with E-state index in [1.54, 1.807) is 0 Å². The highest BCUT2D eigenvalue weighted by molar-refractivity contribution is 6.55. The van der Waals surface area contributed by atoms with Gasteiger partial charge in [-0.15, -0.1) is 0 Å². The van der Waals surface area contributed by atoms with Gasteiger partial charge >= 0.3 is 0 Å². The van der Waals surface area contributed by atoms with Gasteiger partial charge in [0.2, 0.25) is 0 Å². The SMILES string of the molecule is CCCCON(CC)[SiH](CC)CC. The fourth-order valence-corrected chi connectivity index (χ4v) is 3.70. The van der Waals surface area contributed by atoms with Crippen LogP contribution in [0.4, 0.5) is 0 Å². The van der Waals surface area contributed by atoms with Crippen LogP contribution in [-0.2, 0) is 4.84 Å². The molecule has 3 heteroatoms. The van der Waals surface area contributed by atoms with Crippen molar-refractivity contribution in [2.45, 2.75) is 52.6 Å². The van der Waals surface area contributed by atoms with Gasteiger partial charge in [0.05, 0.1) is 6.61 Å². The Morgan fingerprint density at radius 2 is 1.69 bits per heavy atom. The molecule has 0 aromatic rings. The van der Waals surface area contributed by atoms with Gasteiger partial charge in [-0.3, -0.25) is 0 Å². The standard InChI is InChI=1S/C10H25NOSi/c1-5-9-10-12-11(6-2)13(7-3)8-4/h13H,5-10H2,1-4H3. The Kier molecular flexibility index (Phi) is 8.81. The summed E-state index contributed by atoms with van der Waals surface area (Å²) in [6, 6.07) is 2.63. The zero-order valence-corrected chi connectivity index (χ0v) is 10.8. The zero-order valence-electron chi connectivity index (χ0n) is 9.68. The second kappa shape index (κ2) is 8.72. The Hall–Kier alpha value is 0.137. The minimum absolute atomic E-state index is 0.739. The number of unbranched alkanes of at least 4 members (excludes halogenated alkanes) is 1. The van der Waals surface area contributed by atoms with E-state index in [1.165, 1.54) is 24.9 Å². The van der Waals surface area contributed by atoms with Crippen molar-refractivity contribution >= 4 is 8.96 Å². The predicted molar refractivity (Wildman–Crippen MR) is 61.4 cm³/mol. The third-order valence-electron chi connectivity index (χ3n) is 2.42. The topological polar surface area (TPSA) is 12.5 Å². The van der Waals surface area contributed by atoms with Crippen molar-refractivity contribution in [1.82, 2.24) is 4.73 Å². The third kappa shape index (κ3) is 5.44. The molecule has 0 aromatic carbocycles. The zero-order chi connectivity index (χ0) is 10.1. The monoisotopic (exact) mass is 203 g/mol. The van der Waals surface area contributed by atoms with Gasteiger partial charge in [0.15, 0.2) is 0 Å². The smallest absolute Gasteiger partial charge is 0.144 e. The Balaban J connectivity index is 3.71. The van der Waals surface area contributed by atoms with Crippen LogP contribution in [0.5, 0.6) is 0 Å². The summed E-state index contributed by atoms with van der Waals surface area (Å²) in [7, 11) is -0.739. The van der Waals surface area contributed by atoms with Crippen molar-refractivity contribution in [3.8, 4) is 0 Å². The first kappa shape index (κ1) is 13.1. The van der Waals surface area contributed by atoms with Crippen LogP contribution in [0.3, 0.4) is 0 Å². The summed E-state index contributed by atoms with van der Waals surface area (Å²) in [6.45, 7) is 10.9. The summed E-state index contributed by atoms with van der Waals surface area (Å²) in [5, 5.41) is 0. The van der Waals surface area contributed by atoms with Crippen LogP contribution in [-0.4, -0.2) is 26.8 Å². The lowest BCUT2D eigenvalue weighted by Crippen LogP contribution is -2.38. The van der Waals surface area contributed by atoms with Gasteiger partial charge in [-0.2, -0.15) is 0 Å². The molecule has 0 saturated heterocycles. The average molecular weight is 203 g/mol. The molecule has 0 heterocycles. The molecule has 0 unspecified atom stereocenters. The van der Waals surface area contributed by atoms with Gasteiger partial charge in [-0.05, 0) is 18.5 Å². The lowest BCUT2D eigenvalue weighted by Gasteiger charge is -2.27. The first-order valence-electron chi connectivity index (χ1n) is 5.69. The molecular formula is C10H25NOSi. The molecule has 0 spiro atoms. The lowest BCUT2D eigenvalue weighted by molar-refractivity contribution is -0.0903. The van der Waals surface area contributed by atoms with E-state index in [4.69, 9.17) is 4.84 Å². The minimum Gasteiger partial charge on any atom is -0.307 e. The van der Waals surface area contributed by atoms with Crippen LogP contribution in [0.1, 0.15) is 40.5 Å². The lowest BCUT2D eigenvalue weighted by atomic mass is 10.4. The van der Waals surface area contributed by atoms with Crippen molar-refractivity contribution in [1.29, 1.82) is 0 Å². The van der Waals surface area contributed by atoms with Crippen molar-refractivity contribution in [2.24, 2.45) is 0 Å². The molecule has 0 aromatic heterocycles. The number of hydroxylamine groups is 1. The van der Waals surface area contributed by atoms with Gasteiger partial charge in [0, 0.05) is 6.54 Å². The van der Waals surface area contributed by atoms with E-state index >= 15 is 0 Å². The van der Waals surface area contributed by atoms with E-state index in [1.807, 2.05) is 0 Å². The summed E-state index contributed by atoms with van der Waals surface area (Å²) < 4.78 is 2.27. The normalized spacial score (nSPS) is 11.5. The first-order chi connectivity index (χ1) is 6.29. The molecule has 0 rings (SSSR count). The quantitative estimate of drug-likeness (QED) is 0.342. The van der Waals surface area contributed by atoms with Crippen LogP contribution in [0, 0.1) is 0 Å². The Bertz CT molecular complexity index is 107. The van der Waals surface area contributed by atoms with E-state index in [-0.39, 0.29) is 0 Å². The highest BCUT2D eigenvalue weighted by Gasteiger charge is 2.15. The number of nitrogens with zero attached hydrogens (tertiary/aromatic N) is 1. The first-order valence-corrected chi connectivity index (χ1v) is 7.84. The summed E-state index contributed by atoms with van der Waals surface area (Å²) >= 11 is 0. The average Bonchev–Trinajstić information content (AvgIpc) is 2.17. The molecule has 0 saturated carbocycles. The molecule has 0 aliphatic carbocycles. The third-order valence-corrected chi connectivity index (χ3v) is 5.63. The van der Waals surface area contributed by atoms with E-state index in [2.05, 4.69) is 32.4 Å². The Labute approximate surface area is 84.9 Å².